The van der Waals surface area contributed by atoms with Gasteiger partial charge < -0.3 is 9.47 Å². The number of Topliss-reactive ketones (excluding diaryl/α,β-unsaturated/α-hetero) is 2. The van der Waals surface area contributed by atoms with E-state index in [4.69, 9.17) is 9.47 Å². The van der Waals surface area contributed by atoms with E-state index in [0.717, 1.165) is 29.7 Å². The molecule has 0 saturated carbocycles. The Morgan fingerprint density at radius 2 is 1.26 bits per heavy atom. The predicted octanol–water partition coefficient (Wildman–Crippen LogP) is 6.93. The molecule has 0 atom stereocenters. The van der Waals surface area contributed by atoms with Crippen molar-refractivity contribution in [3.63, 3.8) is 0 Å². The number of aryl methyl sites for hydroxylation is 2. The normalized spacial score (nSPS) is 11.8. The van der Waals surface area contributed by atoms with Gasteiger partial charge in [-0.2, -0.15) is 0 Å². The highest BCUT2D eigenvalue weighted by Gasteiger charge is 2.32. The zero-order valence-electron chi connectivity index (χ0n) is 22.1. The van der Waals surface area contributed by atoms with Gasteiger partial charge in [0.25, 0.3) is 0 Å². The van der Waals surface area contributed by atoms with Crippen LogP contribution in [-0.2, 0) is 15.0 Å². The molecule has 0 radical (unpaired) electrons. The highest BCUT2D eigenvalue weighted by molar-refractivity contribution is 5.95. The van der Waals surface area contributed by atoms with Crippen molar-refractivity contribution in [2.45, 2.75) is 73.6 Å². The summed E-state index contributed by atoms with van der Waals surface area (Å²) in [6, 6.07) is 12.5. The number of benzene rings is 2. The molecule has 34 heavy (non-hydrogen) atoms. The molecule has 0 bridgehead atoms. The van der Waals surface area contributed by atoms with Crippen LogP contribution >= 0.6 is 0 Å². The molecule has 4 heteroatoms. The summed E-state index contributed by atoms with van der Waals surface area (Å²) >= 11 is 0. The SMILES string of the molecule is C=C(C)C(=O)COc1ccc(C(CC)(CC)c2ccc(OCC(=O)C(C)(C)C)c(C)c2)cc1C. The van der Waals surface area contributed by atoms with E-state index in [-0.39, 0.29) is 30.2 Å². The van der Waals surface area contributed by atoms with Crippen LogP contribution in [0.15, 0.2) is 48.6 Å². The molecule has 0 aromatic heterocycles. The molecule has 0 fully saturated rings. The monoisotopic (exact) mass is 464 g/mol. The van der Waals surface area contributed by atoms with Gasteiger partial charge in [-0.25, -0.2) is 0 Å². The highest BCUT2D eigenvalue weighted by Crippen LogP contribution is 2.41. The largest absolute Gasteiger partial charge is 0.486 e. The molecule has 0 spiro atoms. The van der Waals surface area contributed by atoms with Gasteiger partial charge in [-0.05, 0) is 73.6 Å². The summed E-state index contributed by atoms with van der Waals surface area (Å²) in [5.74, 6) is 1.43. The molecular weight excluding hydrogens is 424 g/mol. The second kappa shape index (κ2) is 11.0. The number of hydrogen-bond acceptors (Lipinski definition) is 4. The van der Waals surface area contributed by atoms with Crippen LogP contribution in [0.25, 0.3) is 0 Å². The van der Waals surface area contributed by atoms with Crippen LogP contribution in [0.2, 0.25) is 0 Å². The van der Waals surface area contributed by atoms with Crippen molar-refractivity contribution < 1.29 is 19.1 Å². The lowest BCUT2D eigenvalue weighted by Crippen LogP contribution is -2.27. The summed E-state index contributed by atoms with van der Waals surface area (Å²) in [5, 5.41) is 0. The average Bonchev–Trinajstić information content (AvgIpc) is 2.78. The Balaban J connectivity index is 2.33. The van der Waals surface area contributed by atoms with Crippen molar-refractivity contribution >= 4 is 11.6 Å². The van der Waals surface area contributed by atoms with Crippen LogP contribution < -0.4 is 9.47 Å². The van der Waals surface area contributed by atoms with Crippen LogP contribution in [0, 0.1) is 19.3 Å². The lowest BCUT2D eigenvalue weighted by molar-refractivity contribution is -0.128. The molecule has 0 amide bonds. The summed E-state index contributed by atoms with van der Waals surface area (Å²) in [4.78, 5) is 24.1. The van der Waals surface area contributed by atoms with Crippen LogP contribution in [0.3, 0.4) is 0 Å². The standard InChI is InChI=1S/C30H40O4/c1-10-30(11-2,23-12-14-26(21(5)16-23)33-18-25(31)20(3)4)24-13-15-27(22(6)17-24)34-19-28(32)29(7,8)9/h12-17H,3,10-11,18-19H2,1-2,4-9H3. The van der Waals surface area contributed by atoms with Crippen LogP contribution in [0.4, 0.5) is 0 Å². The van der Waals surface area contributed by atoms with Gasteiger partial charge >= 0.3 is 0 Å². The maximum absolute atomic E-state index is 12.3. The Morgan fingerprint density at radius 3 is 1.62 bits per heavy atom. The Bertz CT molecular complexity index is 1050. The van der Waals surface area contributed by atoms with E-state index in [9.17, 15) is 9.59 Å². The van der Waals surface area contributed by atoms with Crippen molar-refractivity contribution in [1.29, 1.82) is 0 Å². The van der Waals surface area contributed by atoms with Gasteiger partial charge in [-0.3, -0.25) is 9.59 Å². The number of rotatable bonds is 11. The lowest BCUT2D eigenvalue weighted by Gasteiger charge is -2.34. The fourth-order valence-corrected chi connectivity index (χ4v) is 4.08. The van der Waals surface area contributed by atoms with E-state index in [2.05, 4.69) is 44.7 Å². The molecule has 0 N–H and O–H groups in total. The van der Waals surface area contributed by atoms with E-state index in [1.807, 2.05) is 46.8 Å². The lowest BCUT2D eigenvalue weighted by atomic mass is 9.70. The third-order valence-corrected chi connectivity index (χ3v) is 6.69. The zero-order valence-corrected chi connectivity index (χ0v) is 22.1. The summed E-state index contributed by atoms with van der Waals surface area (Å²) < 4.78 is 11.6. The molecule has 0 aliphatic carbocycles. The summed E-state index contributed by atoms with van der Waals surface area (Å²) in [7, 11) is 0. The number of carbonyl (C=O) groups is 2. The van der Waals surface area contributed by atoms with Gasteiger partial charge in [0.1, 0.15) is 18.1 Å². The van der Waals surface area contributed by atoms with Gasteiger partial charge in [-0.1, -0.05) is 65.5 Å². The van der Waals surface area contributed by atoms with E-state index in [1.165, 1.54) is 11.1 Å². The molecule has 2 aromatic rings. The summed E-state index contributed by atoms with van der Waals surface area (Å²) in [6.45, 7) is 19.6. The fraction of sp³-hybridized carbons (Fsp3) is 0.467. The fourth-order valence-electron chi connectivity index (χ4n) is 4.08. The molecule has 0 aliphatic heterocycles. The number of hydrogen-bond donors (Lipinski definition) is 0. The van der Waals surface area contributed by atoms with Gasteiger partial charge in [0.05, 0.1) is 0 Å². The molecule has 0 heterocycles. The quantitative estimate of drug-likeness (QED) is 0.338. The van der Waals surface area contributed by atoms with E-state index < -0.39 is 5.41 Å². The number of ketones is 2. The van der Waals surface area contributed by atoms with Gasteiger partial charge in [0.2, 0.25) is 0 Å². The molecule has 0 unspecified atom stereocenters. The predicted molar refractivity (Wildman–Crippen MR) is 139 cm³/mol. The summed E-state index contributed by atoms with van der Waals surface area (Å²) in [6.07, 6.45) is 1.86. The van der Waals surface area contributed by atoms with Gasteiger partial charge in [-0.15, -0.1) is 0 Å². The van der Waals surface area contributed by atoms with Crippen LogP contribution in [0.5, 0.6) is 11.5 Å². The minimum absolute atomic E-state index is 0.000587. The van der Waals surface area contributed by atoms with Crippen molar-refractivity contribution in [3.05, 3.63) is 70.8 Å². The highest BCUT2D eigenvalue weighted by atomic mass is 16.5. The molecule has 0 aliphatic rings. The van der Waals surface area contributed by atoms with E-state index >= 15 is 0 Å². The Hall–Kier alpha value is -2.88. The topological polar surface area (TPSA) is 52.6 Å². The Labute approximate surface area is 205 Å². The van der Waals surface area contributed by atoms with Crippen LogP contribution in [-0.4, -0.2) is 24.8 Å². The Morgan fingerprint density at radius 1 is 0.824 bits per heavy atom. The van der Waals surface area contributed by atoms with Gasteiger partial charge in [0.15, 0.2) is 18.2 Å². The first kappa shape index (κ1) is 27.4. The Kier molecular flexibility index (Phi) is 8.88. The third kappa shape index (κ3) is 6.16. The average molecular weight is 465 g/mol. The van der Waals surface area contributed by atoms with Gasteiger partial charge in [0, 0.05) is 10.8 Å². The minimum Gasteiger partial charge on any atom is -0.486 e. The molecule has 2 aromatic carbocycles. The second-order valence-electron chi connectivity index (χ2n) is 10.2. The molecule has 184 valence electrons. The first-order chi connectivity index (χ1) is 15.9. The van der Waals surface area contributed by atoms with Crippen molar-refractivity contribution in [3.8, 4) is 11.5 Å². The smallest absolute Gasteiger partial charge is 0.195 e. The molecule has 2 rings (SSSR count). The molecule has 4 nitrogen and oxygen atoms in total. The zero-order chi connectivity index (χ0) is 25.7. The number of carbonyl (C=O) groups excluding carboxylic acids is 2. The van der Waals surface area contributed by atoms with E-state index in [1.54, 1.807) is 6.92 Å². The van der Waals surface area contributed by atoms with Crippen LogP contribution in [0.1, 0.15) is 76.6 Å². The first-order valence-electron chi connectivity index (χ1n) is 12.1. The first-order valence-corrected chi connectivity index (χ1v) is 12.1. The maximum atomic E-state index is 12.3. The second-order valence-corrected chi connectivity index (χ2v) is 10.2. The van der Waals surface area contributed by atoms with Crippen molar-refractivity contribution in [2.75, 3.05) is 13.2 Å². The number of ether oxygens (including phenoxy) is 2. The molecular formula is C30H40O4. The molecule has 0 saturated heterocycles. The maximum Gasteiger partial charge on any atom is 0.195 e. The minimum atomic E-state index is -0.418. The third-order valence-electron chi connectivity index (χ3n) is 6.69. The summed E-state index contributed by atoms with van der Waals surface area (Å²) in [5.41, 5.74) is 4.35. The van der Waals surface area contributed by atoms with Crippen molar-refractivity contribution in [1.82, 2.24) is 0 Å². The van der Waals surface area contributed by atoms with Crippen molar-refractivity contribution in [2.24, 2.45) is 5.41 Å². The van der Waals surface area contributed by atoms with E-state index in [0.29, 0.717) is 11.3 Å².